The molecule has 6 heteroatoms. The molecule has 1 aliphatic rings. The quantitative estimate of drug-likeness (QED) is 0.717. The fraction of sp³-hybridized carbons (Fsp3) is 0.412. The van der Waals surface area contributed by atoms with Crippen LogP contribution in [0.15, 0.2) is 46.7 Å². The number of nitrogens with zero attached hydrogens (tertiary/aromatic N) is 4. The van der Waals surface area contributed by atoms with Crippen molar-refractivity contribution in [2.24, 2.45) is 0 Å². The molecule has 3 aromatic heterocycles. The summed E-state index contributed by atoms with van der Waals surface area (Å²) in [5.74, 6) is 0.732. The lowest BCUT2D eigenvalue weighted by atomic mass is 10.0. The van der Waals surface area contributed by atoms with E-state index >= 15 is 0 Å². The van der Waals surface area contributed by atoms with Crippen LogP contribution in [-0.2, 0) is 13.1 Å². The van der Waals surface area contributed by atoms with Crippen LogP contribution in [0.2, 0.25) is 0 Å². The molecule has 0 saturated carbocycles. The molecular weight excluding hydrogens is 308 g/mol. The van der Waals surface area contributed by atoms with E-state index in [-0.39, 0.29) is 0 Å². The molecule has 0 spiro atoms. The molecule has 0 aromatic carbocycles. The number of hydrogen-bond donors (Lipinski definition) is 0. The molecule has 0 N–H and O–H groups in total. The maximum Gasteiger partial charge on any atom is 0.236 e. The van der Waals surface area contributed by atoms with Gasteiger partial charge in [0.1, 0.15) is 6.26 Å². The fourth-order valence-corrected chi connectivity index (χ4v) is 3.86. The minimum absolute atomic E-state index is 0.519. The van der Waals surface area contributed by atoms with Gasteiger partial charge in [-0.1, -0.05) is 12.5 Å². The normalized spacial score (nSPS) is 19.2. The topological polar surface area (TPSA) is 47.1 Å². The van der Waals surface area contributed by atoms with Gasteiger partial charge in [0.25, 0.3) is 0 Å². The van der Waals surface area contributed by atoms with Gasteiger partial charge >= 0.3 is 0 Å². The highest BCUT2D eigenvalue weighted by Crippen LogP contribution is 2.25. The first-order valence-electron chi connectivity index (χ1n) is 8.08. The van der Waals surface area contributed by atoms with Crippen molar-refractivity contribution in [1.29, 1.82) is 0 Å². The Labute approximate surface area is 139 Å². The third kappa shape index (κ3) is 3.38. The van der Waals surface area contributed by atoms with Crippen LogP contribution < -0.4 is 0 Å². The summed E-state index contributed by atoms with van der Waals surface area (Å²) in [6, 6.07) is 6.57. The van der Waals surface area contributed by atoms with E-state index in [1.807, 2.05) is 40.7 Å². The summed E-state index contributed by atoms with van der Waals surface area (Å²) in [5.41, 5.74) is 1.01. The van der Waals surface area contributed by atoms with E-state index in [9.17, 15) is 0 Å². The molecule has 23 heavy (non-hydrogen) atoms. The summed E-state index contributed by atoms with van der Waals surface area (Å²) >= 11 is 1.66. The van der Waals surface area contributed by atoms with E-state index in [1.165, 1.54) is 19.3 Å². The number of oxazole rings is 1. The van der Waals surface area contributed by atoms with Crippen LogP contribution in [0.25, 0.3) is 10.8 Å². The van der Waals surface area contributed by atoms with Crippen LogP contribution in [0.5, 0.6) is 0 Å². The van der Waals surface area contributed by atoms with E-state index < -0.39 is 0 Å². The van der Waals surface area contributed by atoms with Crippen molar-refractivity contribution < 1.29 is 4.42 Å². The maximum absolute atomic E-state index is 5.65. The third-order valence-corrected chi connectivity index (χ3v) is 5.21. The Morgan fingerprint density at radius 2 is 2.30 bits per heavy atom. The Hall–Kier alpha value is -1.92. The molecule has 1 atom stereocenters. The Balaban J connectivity index is 1.45. The molecule has 5 nitrogen and oxygen atoms in total. The smallest absolute Gasteiger partial charge is 0.236 e. The van der Waals surface area contributed by atoms with Gasteiger partial charge < -0.3 is 4.42 Å². The Morgan fingerprint density at radius 3 is 3.13 bits per heavy atom. The molecule has 0 unspecified atom stereocenters. The van der Waals surface area contributed by atoms with Gasteiger partial charge in [0, 0.05) is 25.0 Å². The Kier molecular flexibility index (Phi) is 4.26. The zero-order valence-electron chi connectivity index (χ0n) is 13.0. The van der Waals surface area contributed by atoms with E-state index in [0.29, 0.717) is 6.04 Å². The van der Waals surface area contributed by atoms with Gasteiger partial charge in [-0.15, -0.1) is 11.3 Å². The molecule has 1 saturated heterocycles. The van der Waals surface area contributed by atoms with Crippen LogP contribution in [0.4, 0.5) is 0 Å². The SMILES string of the molecule is c1csc(-c2nc(CN3CCCC[C@H]3Cn3cccn3)co2)c1. The number of piperidine rings is 1. The first-order valence-corrected chi connectivity index (χ1v) is 8.96. The van der Waals surface area contributed by atoms with Crippen LogP contribution in [0.3, 0.4) is 0 Å². The van der Waals surface area contributed by atoms with E-state index in [0.717, 1.165) is 36.1 Å². The molecule has 0 bridgehead atoms. The average molecular weight is 328 g/mol. The predicted octanol–water partition coefficient (Wildman–Crippen LogP) is 3.65. The summed E-state index contributed by atoms with van der Waals surface area (Å²) in [4.78, 5) is 8.26. The van der Waals surface area contributed by atoms with Gasteiger partial charge in [-0.25, -0.2) is 4.98 Å². The van der Waals surface area contributed by atoms with Gasteiger partial charge in [0.2, 0.25) is 5.89 Å². The second-order valence-electron chi connectivity index (χ2n) is 5.97. The van der Waals surface area contributed by atoms with Crippen molar-refractivity contribution in [2.75, 3.05) is 6.54 Å². The number of hydrogen-bond acceptors (Lipinski definition) is 5. The number of likely N-dealkylation sites (tertiary alicyclic amines) is 1. The molecule has 0 aliphatic carbocycles. The molecule has 4 heterocycles. The summed E-state index contributed by atoms with van der Waals surface area (Å²) in [6.45, 7) is 2.91. The molecule has 3 aromatic rings. The van der Waals surface area contributed by atoms with Gasteiger partial charge in [0.05, 0.1) is 17.1 Å². The predicted molar refractivity (Wildman–Crippen MR) is 90.1 cm³/mol. The highest BCUT2D eigenvalue weighted by molar-refractivity contribution is 7.13. The highest BCUT2D eigenvalue weighted by Gasteiger charge is 2.24. The lowest BCUT2D eigenvalue weighted by molar-refractivity contribution is 0.120. The number of rotatable bonds is 5. The first-order chi connectivity index (χ1) is 11.4. The monoisotopic (exact) mass is 328 g/mol. The minimum atomic E-state index is 0.519. The van der Waals surface area contributed by atoms with Crippen molar-refractivity contribution in [2.45, 2.75) is 38.4 Å². The average Bonchev–Trinajstić information content (AvgIpc) is 3.31. The third-order valence-electron chi connectivity index (χ3n) is 4.35. The fourth-order valence-electron chi connectivity index (χ4n) is 3.20. The summed E-state index contributed by atoms with van der Waals surface area (Å²) in [5, 5.41) is 6.39. The van der Waals surface area contributed by atoms with Gasteiger partial charge in [-0.2, -0.15) is 5.10 Å². The van der Waals surface area contributed by atoms with E-state index in [1.54, 1.807) is 17.6 Å². The number of aromatic nitrogens is 3. The second-order valence-corrected chi connectivity index (χ2v) is 6.92. The molecule has 0 radical (unpaired) electrons. The maximum atomic E-state index is 5.65. The largest absolute Gasteiger partial charge is 0.444 e. The first kappa shape index (κ1) is 14.7. The summed E-state index contributed by atoms with van der Waals surface area (Å²) < 4.78 is 7.68. The molecule has 120 valence electrons. The molecular formula is C17H20N4OS. The summed E-state index contributed by atoms with van der Waals surface area (Å²) in [7, 11) is 0. The molecule has 0 amide bonds. The Morgan fingerprint density at radius 1 is 1.30 bits per heavy atom. The van der Waals surface area contributed by atoms with Crippen molar-refractivity contribution in [3.8, 4) is 10.8 Å². The lowest BCUT2D eigenvalue weighted by Gasteiger charge is -2.35. The van der Waals surface area contributed by atoms with E-state index in [4.69, 9.17) is 4.42 Å². The van der Waals surface area contributed by atoms with Gasteiger partial charge in [-0.3, -0.25) is 9.58 Å². The zero-order chi connectivity index (χ0) is 15.5. The second kappa shape index (κ2) is 6.68. The minimum Gasteiger partial charge on any atom is -0.444 e. The van der Waals surface area contributed by atoms with Crippen LogP contribution in [-0.4, -0.2) is 32.3 Å². The number of thiophene rings is 1. The van der Waals surface area contributed by atoms with Crippen molar-refractivity contribution in [3.63, 3.8) is 0 Å². The molecule has 1 fully saturated rings. The highest BCUT2D eigenvalue weighted by atomic mass is 32.1. The standard InChI is InChI=1S/C17H20N4OS/c1-2-8-20(15(5-1)12-21-9-4-7-18-21)11-14-13-22-17(19-14)16-6-3-10-23-16/h3-4,6-7,9-10,13,15H,1-2,5,8,11-12H2/t15-/m0/s1. The van der Waals surface area contributed by atoms with Gasteiger partial charge in [-0.05, 0) is 36.9 Å². The van der Waals surface area contributed by atoms with Gasteiger partial charge in [0.15, 0.2) is 0 Å². The van der Waals surface area contributed by atoms with Crippen molar-refractivity contribution in [1.82, 2.24) is 19.7 Å². The zero-order valence-corrected chi connectivity index (χ0v) is 13.8. The molecule has 4 rings (SSSR count). The van der Waals surface area contributed by atoms with E-state index in [2.05, 4.69) is 15.0 Å². The van der Waals surface area contributed by atoms with Crippen molar-refractivity contribution >= 4 is 11.3 Å². The molecule has 1 aliphatic heterocycles. The van der Waals surface area contributed by atoms with Crippen LogP contribution in [0, 0.1) is 0 Å². The lowest BCUT2D eigenvalue weighted by Crippen LogP contribution is -2.41. The summed E-state index contributed by atoms with van der Waals surface area (Å²) in [6.07, 6.45) is 9.45. The van der Waals surface area contributed by atoms with Crippen molar-refractivity contribution in [3.05, 3.63) is 47.9 Å². The van der Waals surface area contributed by atoms with Crippen LogP contribution in [0.1, 0.15) is 25.0 Å². The van der Waals surface area contributed by atoms with Crippen LogP contribution >= 0.6 is 11.3 Å². The Bertz CT molecular complexity index is 720.